The van der Waals surface area contributed by atoms with Crippen LogP contribution >= 0.6 is 0 Å². The molecule has 2 aromatic carbocycles. The molecule has 12 heteroatoms. The molecule has 10 nitrogen and oxygen atoms in total. The predicted octanol–water partition coefficient (Wildman–Crippen LogP) is 3.82. The summed E-state index contributed by atoms with van der Waals surface area (Å²) in [6.45, 7) is 5.16. The van der Waals surface area contributed by atoms with Crippen molar-refractivity contribution in [2.75, 3.05) is 62.0 Å². The Morgan fingerprint density at radius 3 is 2.59 bits per heavy atom. The molecule has 6 rings (SSSR count). The standard InChI is InChI=1S/C29H32F2N8O2/c1-38-6-8-39(9-7-38)23-2-3-24(25(16-23)33-21-4-10-41-11-5-21)29(40)35-28-26-27(36-37-28)32-17-22(34-26)14-18-12-19(30)15-20(31)13-18/h2-3,12-13,15-17,21,33H,4-11,14H2,1H3,(H2,32,35,36,37,40). The molecule has 0 unspecified atom stereocenters. The van der Waals surface area contributed by atoms with Gasteiger partial charge in [-0.3, -0.25) is 9.89 Å². The first-order valence-corrected chi connectivity index (χ1v) is 13.8. The zero-order chi connectivity index (χ0) is 28.3. The van der Waals surface area contributed by atoms with Gasteiger partial charge in [0.1, 0.15) is 11.6 Å². The normalized spacial score (nSPS) is 16.7. The van der Waals surface area contributed by atoms with Crippen molar-refractivity contribution in [2.24, 2.45) is 0 Å². The number of fused-ring (bicyclic) bond motifs is 1. The fourth-order valence-corrected chi connectivity index (χ4v) is 5.28. The van der Waals surface area contributed by atoms with Gasteiger partial charge < -0.3 is 25.2 Å². The Morgan fingerprint density at radius 1 is 1.07 bits per heavy atom. The summed E-state index contributed by atoms with van der Waals surface area (Å²) < 4.78 is 32.9. The number of hydrogen-bond acceptors (Lipinski definition) is 8. The molecular weight excluding hydrogens is 530 g/mol. The van der Waals surface area contributed by atoms with E-state index in [2.05, 4.69) is 47.6 Å². The number of likely N-dealkylation sites (N-methyl/N-ethyl adjacent to an activating group) is 1. The summed E-state index contributed by atoms with van der Waals surface area (Å²) in [5.41, 5.74) is 3.97. The number of aromatic nitrogens is 4. The highest BCUT2D eigenvalue weighted by molar-refractivity contribution is 6.10. The van der Waals surface area contributed by atoms with Crippen molar-refractivity contribution in [3.05, 3.63) is 71.1 Å². The van der Waals surface area contributed by atoms with E-state index in [1.54, 1.807) is 0 Å². The summed E-state index contributed by atoms with van der Waals surface area (Å²) in [4.78, 5) is 27.2. The zero-order valence-corrected chi connectivity index (χ0v) is 22.8. The minimum absolute atomic E-state index is 0.170. The van der Waals surface area contributed by atoms with Crippen LogP contribution in [0.4, 0.5) is 26.0 Å². The molecular formula is C29H32F2N8O2. The van der Waals surface area contributed by atoms with Crippen LogP contribution in [0.5, 0.6) is 0 Å². The van der Waals surface area contributed by atoms with E-state index in [1.165, 1.54) is 18.3 Å². The van der Waals surface area contributed by atoms with E-state index in [-0.39, 0.29) is 24.2 Å². The monoisotopic (exact) mass is 562 g/mol. The number of nitrogens with zero attached hydrogens (tertiary/aromatic N) is 5. The third-order valence-electron chi connectivity index (χ3n) is 7.56. The van der Waals surface area contributed by atoms with E-state index in [9.17, 15) is 13.6 Å². The second kappa shape index (κ2) is 11.8. The number of H-pyrrole nitrogens is 1. The number of benzene rings is 2. The Labute approximate surface area is 236 Å². The molecule has 214 valence electrons. The molecule has 0 saturated carbocycles. The third-order valence-corrected chi connectivity index (χ3v) is 7.56. The summed E-state index contributed by atoms with van der Waals surface area (Å²) >= 11 is 0. The number of aromatic amines is 1. The number of carbonyl (C=O) groups is 1. The number of carbonyl (C=O) groups excluding carboxylic acids is 1. The molecule has 1 amide bonds. The maximum Gasteiger partial charge on any atom is 0.259 e. The highest BCUT2D eigenvalue weighted by Gasteiger charge is 2.22. The molecule has 2 saturated heterocycles. The molecule has 0 radical (unpaired) electrons. The van der Waals surface area contributed by atoms with Gasteiger partial charge in [0.05, 0.1) is 17.5 Å². The summed E-state index contributed by atoms with van der Waals surface area (Å²) in [5.74, 6) is -1.43. The van der Waals surface area contributed by atoms with Crippen molar-refractivity contribution in [2.45, 2.75) is 25.3 Å². The molecule has 3 N–H and O–H groups in total. The molecule has 0 bridgehead atoms. The molecule has 2 fully saturated rings. The number of amides is 1. The van der Waals surface area contributed by atoms with Crippen molar-refractivity contribution < 1.29 is 18.3 Å². The van der Waals surface area contributed by atoms with Crippen LogP contribution in [0.2, 0.25) is 0 Å². The molecule has 41 heavy (non-hydrogen) atoms. The van der Waals surface area contributed by atoms with Gasteiger partial charge in [-0.15, -0.1) is 0 Å². The Bertz CT molecular complexity index is 1530. The Hall–Kier alpha value is -4.16. The highest BCUT2D eigenvalue weighted by atomic mass is 19.1. The van der Waals surface area contributed by atoms with Gasteiger partial charge >= 0.3 is 0 Å². The lowest BCUT2D eigenvalue weighted by atomic mass is 10.1. The van der Waals surface area contributed by atoms with Gasteiger partial charge in [-0.25, -0.2) is 18.7 Å². The van der Waals surface area contributed by atoms with E-state index >= 15 is 0 Å². The second-order valence-corrected chi connectivity index (χ2v) is 10.6. The Kier molecular flexibility index (Phi) is 7.75. The van der Waals surface area contributed by atoms with Crippen molar-refractivity contribution >= 4 is 34.3 Å². The first-order chi connectivity index (χ1) is 19.9. The molecule has 4 heterocycles. The van der Waals surface area contributed by atoms with Gasteiger partial charge in [-0.05, 0) is 55.8 Å². The Balaban J connectivity index is 1.25. The number of halogens is 2. The summed E-state index contributed by atoms with van der Waals surface area (Å²) in [7, 11) is 2.12. The summed E-state index contributed by atoms with van der Waals surface area (Å²) in [5, 5.41) is 13.5. The molecule has 2 aliphatic rings. The number of nitrogens with one attached hydrogen (secondary N) is 3. The first kappa shape index (κ1) is 27.0. The first-order valence-electron chi connectivity index (χ1n) is 13.8. The minimum atomic E-state index is -0.658. The smallest absolute Gasteiger partial charge is 0.259 e. The number of rotatable bonds is 7. The molecule has 4 aromatic rings. The number of hydrogen-bond donors (Lipinski definition) is 3. The molecule has 0 atom stereocenters. The van der Waals surface area contributed by atoms with Crippen LogP contribution in [-0.2, 0) is 11.2 Å². The van der Waals surface area contributed by atoms with E-state index in [4.69, 9.17) is 4.74 Å². The van der Waals surface area contributed by atoms with Crippen molar-refractivity contribution in [1.82, 2.24) is 25.1 Å². The van der Waals surface area contributed by atoms with Gasteiger partial charge in [0, 0.05) is 69.3 Å². The summed E-state index contributed by atoms with van der Waals surface area (Å²) in [6, 6.07) is 9.41. The van der Waals surface area contributed by atoms with Crippen molar-refractivity contribution in [1.29, 1.82) is 0 Å². The average Bonchev–Trinajstić information content (AvgIpc) is 3.35. The van der Waals surface area contributed by atoms with Crippen LogP contribution in [0.1, 0.15) is 34.5 Å². The van der Waals surface area contributed by atoms with Gasteiger partial charge in [-0.1, -0.05) is 0 Å². The quantitative estimate of drug-likeness (QED) is 0.312. The fourth-order valence-electron chi connectivity index (χ4n) is 5.28. The van der Waals surface area contributed by atoms with Gasteiger partial charge in [0.2, 0.25) is 0 Å². The lowest BCUT2D eigenvalue weighted by molar-refractivity contribution is 0.0904. The van der Waals surface area contributed by atoms with E-state index < -0.39 is 11.6 Å². The molecule has 0 aliphatic carbocycles. The number of anilines is 3. The predicted molar refractivity (Wildman–Crippen MR) is 152 cm³/mol. The van der Waals surface area contributed by atoms with Gasteiger partial charge in [0.15, 0.2) is 17.0 Å². The average molecular weight is 563 g/mol. The van der Waals surface area contributed by atoms with Crippen LogP contribution in [0.3, 0.4) is 0 Å². The SMILES string of the molecule is CN1CCN(c2ccc(C(=O)Nc3n[nH]c4ncc(Cc5cc(F)cc(F)c5)nc34)c(NC3CCOCC3)c2)CC1. The maximum atomic E-state index is 13.7. The van der Waals surface area contributed by atoms with E-state index in [1.807, 2.05) is 18.2 Å². The van der Waals surface area contributed by atoms with Crippen LogP contribution < -0.4 is 15.5 Å². The van der Waals surface area contributed by atoms with Gasteiger partial charge in [0.25, 0.3) is 5.91 Å². The number of ether oxygens (including phenoxy) is 1. The van der Waals surface area contributed by atoms with Crippen LogP contribution in [-0.4, -0.2) is 83.5 Å². The van der Waals surface area contributed by atoms with Crippen LogP contribution in [0.25, 0.3) is 11.2 Å². The molecule has 2 aliphatic heterocycles. The minimum Gasteiger partial charge on any atom is -0.381 e. The lowest BCUT2D eigenvalue weighted by Crippen LogP contribution is -2.44. The topological polar surface area (TPSA) is 111 Å². The summed E-state index contributed by atoms with van der Waals surface area (Å²) in [6.07, 6.45) is 3.40. The largest absolute Gasteiger partial charge is 0.381 e. The van der Waals surface area contributed by atoms with Crippen molar-refractivity contribution in [3.8, 4) is 0 Å². The van der Waals surface area contributed by atoms with E-state index in [0.29, 0.717) is 41.2 Å². The number of piperazine rings is 1. The van der Waals surface area contributed by atoms with Crippen LogP contribution in [0, 0.1) is 11.6 Å². The van der Waals surface area contributed by atoms with Crippen molar-refractivity contribution in [3.63, 3.8) is 0 Å². The van der Waals surface area contributed by atoms with Crippen LogP contribution in [0.15, 0.2) is 42.6 Å². The molecule has 2 aromatic heterocycles. The lowest BCUT2D eigenvalue weighted by Gasteiger charge is -2.34. The highest BCUT2D eigenvalue weighted by Crippen LogP contribution is 2.28. The third kappa shape index (κ3) is 6.28. The van der Waals surface area contributed by atoms with Gasteiger partial charge in [-0.2, -0.15) is 5.10 Å². The Morgan fingerprint density at radius 2 is 1.83 bits per heavy atom. The zero-order valence-electron chi connectivity index (χ0n) is 22.8. The van der Waals surface area contributed by atoms with E-state index in [0.717, 1.165) is 56.5 Å². The maximum absolute atomic E-state index is 13.7. The fraction of sp³-hybridized carbons (Fsp3) is 0.379. The molecule has 0 spiro atoms. The second-order valence-electron chi connectivity index (χ2n) is 10.6.